The molecule has 1 saturated carbocycles. The third-order valence-corrected chi connectivity index (χ3v) is 2.58. The highest BCUT2D eigenvalue weighted by molar-refractivity contribution is 5.84. The quantitative estimate of drug-likeness (QED) is 0.503. The Balaban J connectivity index is 2.16. The largest absolute Gasteiger partial charge is 0.480 e. The summed E-state index contributed by atoms with van der Waals surface area (Å²) in [4.78, 5) is 10.5. The van der Waals surface area contributed by atoms with E-state index in [0.717, 1.165) is 0 Å². The smallest absolute Gasteiger partial charge is 0.324 e. The molecule has 10 heavy (non-hydrogen) atoms. The van der Waals surface area contributed by atoms with Crippen molar-refractivity contribution in [1.82, 2.24) is 0 Å². The minimum Gasteiger partial charge on any atom is -0.480 e. The van der Waals surface area contributed by atoms with Crippen molar-refractivity contribution < 1.29 is 14.6 Å². The minimum absolute atomic E-state index is 0.196. The molecule has 2 fully saturated rings. The molecule has 4 nitrogen and oxygen atoms in total. The monoisotopic (exact) mass is 143 g/mol. The van der Waals surface area contributed by atoms with Crippen LogP contribution in [0.4, 0.5) is 0 Å². The van der Waals surface area contributed by atoms with Crippen molar-refractivity contribution in [2.24, 2.45) is 11.1 Å². The van der Waals surface area contributed by atoms with Gasteiger partial charge < -0.3 is 15.6 Å². The van der Waals surface area contributed by atoms with Crippen molar-refractivity contribution in [3.63, 3.8) is 0 Å². The van der Waals surface area contributed by atoms with Crippen LogP contribution >= 0.6 is 0 Å². The third kappa shape index (κ3) is 0.433. The Kier molecular flexibility index (Phi) is 0.830. The van der Waals surface area contributed by atoms with Gasteiger partial charge in [0.05, 0.1) is 13.2 Å². The maximum Gasteiger partial charge on any atom is 0.324 e. The first-order valence-electron chi connectivity index (χ1n) is 3.21. The van der Waals surface area contributed by atoms with E-state index in [-0.39, 0.29) is 5.41 Å². The van der Waals surface area contributed by atoms with Crippen LogP contribution in [-0.4, -0.2) is 29.8 Å². The summed E-state index contributed by atoms with van der Waals surface area (Å²) in [5, 5.41) is 8.63. The molecule has 2 rings (SSSR count). The molecule has 0 aromatic heterocycles. The summed E-state index contributed by atoms with van der Waals surface area (Å²) < 4.78 is 4.90. The lowest BCUT2D eigenvalue weighted by Crippen LogP contribution is -2.47. The molecule has 56 valence electrons. The van der Waals surface area contributed by atoms with Crippen LogP contribution in [0.25, 0.3) is 0 Å². The Labute approximate surface area is 58.0 Å². The molecule has 0 aromatic rings. The maximum atomic E-state index is 10.5. The average molecular weight is 143 g/mol. The van der Waals surface area contributed by atoms with Crippen molar-refractivity contribution in [3.8, 4) is 0 Å². The minimum atomic E-state index is -0.967. The van der Waals surface area contributed by atoms with Crippen molar-refractivity contribution >= 4 is 5.97 Å². The molecule has 1 saturated heterocycles. The number of nitrogens with two attached hydrogens (primary N) is 1. The van der Waals surface area contributed by atoms with Gasteiger partial charge in [0.15, 0.2) is 0 Å². The lowest BCUT2D eigenvalue weighted by molar-refractivity contribution is -0.145. The van der Waals surface area contributed by atoms with E-state index >= 15 is 0 Å². The normalized spacial score (nSPS) is 40.9. The predicted octanol–water partition coefficient (Wildman–Crippen LogP) is -0.811. The molecular formula is C6H9NO3. The molecule has 2 aliphatic rings. The van der Waals surface area contributed by atoms with Gasteiger partial charge in [-0.2, -0.15) is 0 Å². The molecule has 1 aliphatic carbocycles. The van der Waals surface area contributed by atoms with Crippen molar-refractivity contribution in [1.29, 1.82) is 0 Å². The summed E-state index contributed by atoms with van der Waals surface area (Å²) in [5.74, 6) is -0.893. The molecular weight excluding hydrogens is 134 g/mol. The molecule has 1 aliphatic heterocycles. The highest BCUT2D eigenvalue weighted by Gasteiger charge is 2.74. The summed E-state index contributed by atoms with van der Waals surface area (Å²) in [6.45, 7) is 1.05. The van der Waals surface area contributed by atoms with E-state index in [0.29, 0.717) is 19.6 Å². The molecule has 0 amide bonds. The molecule has 1 atom stereocenters. The van der Waals surface area contributed by atoms with Crippen LogP contribution in [0, 0.1) is 5.41 Å². The van der Waals surface area contributed by atoms with Crippen LogP contribution in [-0.2, 0) is 9.53 Å². The first kappa shape index (κ1) is 6.12. The predicted molar refractivity (Wildman–Crippen MR) is 32.4 cm³/mol. The Morgan fingerprint density at radius 2 is 2.20 bits per heavy atom. The van der Waals surface area contributed by atoms with Crippen molar-refractivity contribution in [3.05, 3.63) is 0 Å². The first-order valence-corrected chi connectivity index (χ1v) is 3.21. The van der Waals surface area contributed by atoms with E-state index in [1.54, 1.807) is 0 Å². The maximum absolute atomic E-state index is 10.5. The Morgan fingerprint density at radius 1 is 1.60 bits per heavy atom. The second kappa shape index (κ2) is 1.35. The number of ether oxygens (including phenoxy) is 1. The van der Waals surface area contributed by atoms with Gasteiger partial charge in [0.25, 0.3) is 0 Å². The van der Waals surface area contributed by atoms with Gasteiger partial charge in [-0.15, -0.1) is 0 Å². The van der Waals surface area contributed by atoms with Crippen molar-refractivity contribution in [2.75, 3.05) is 13.2 Å². The van der Waals surface area contributed by atoms with E-state index < -0.39 is 11.5 Å². The second-order valence-electron chi connectivity index (χ2n) is 3.23. The van der Waals surface area contributed by atoms with Crippen LogP contribution in [0.15, 0.2) is 0 Å². The van der Waals surface area contributed by atoms with Crippen LogP contribution < -0.4 is 5.73 Å². The zero-order valence-electron chi connectivity index (χ0n) is 5.46. The SMILES string of the molecule is NC1(C(=O)O)CC12COC2. The third-order valence-electron chi connectivity index (χ3n) is 2.58. The van der Waals surface area contributed by atoms with Gasteiger partial charge in [0, 0.05) is 5.41 Å². The fraction of sp³-hybridized carbons (Fsp3) is 0.833. The average Bonchev–Trinajstić information content (AvgIpc) is 2.37. The van der Waals surface area contributed by atoms with Crippen LogP contribution in [0.5, 0.6) is 0 Å². The lowest BCUT2D eigenvalue weighted by atomic mass is 9.98. The van der Waals surface area contributed by atoms with Crippen LogP contribution in [0.2, 0.25) is 0 Å². The lowest BCUT2D eigenvalue weighted by Gasteiger charge is -2.28. The van der Waals surface area contributed by atoms with Gasteiger partial charge in [-0.1, -0.05) is 0 Å². The van der Waals surface area contributed by atoms with Gasteiger partial charge in [0.1, 0.15) is 5.54 Å². The summed E-state index contributed by atoms with van der Waals surface area (Å²) >= 11 is 0. The van der Waals surface area contributed by atoms with E-state index in [1.165, 1.54) is 0 Å². The topological polar surface area (TPSA) is 72.6 Å². The number of aliphatic carboxylic acids is 1. The Bertz CT molecular complexity index is 199. The summed E-state index contributed by atoms with van der Waals surface area (Å²) in [5.41, 5.74) is 4.39. The standard InChI is InChI=1S/C6H9NO3/c7-6(4(8)9)1-5(6)2-10-3-5/h1-3,7H2,(H,8,9). The Hall–Kier alpha value is -0.610. The number of rotatable bonds is 1. The molecule has 3 N–H and O–H groups in total. The van der Waals surface area contributed by atoms with E-state index in [4.69, 9.17) is 15.6 Å². The second-order valence-corrected chi connectivity index (χ2v) is 3.23. The molecule has 4 heteroatoms. The molecule has 1 spiro atoms. The zero-order chi connectivity index (χ0) is 7.41. The van der Waals surface area contributed by atoms with Gasteiger partial charge in [-0.3, -0.25) is 4.79 Å². The van der Waals surface area contributed by atoms with Crippen LogP contribution in [0.1, 0.15) is 6.42 Å². The molecule has 1 heterocycles. The molecule has 0 radical (unpaired) electrons. The van der Waals surface area contributed by atoms with Crippen molar-refractivity contribution in [2.45, 2.75) is 12.0 Å². The first-order chi connectivity index (χ1) is 4.61. The van der Waals surface area contributed by atoms with Gasteiger partial charge >= 0.3 is 5.97 Å². The van der Waals surface area contributed by atoms with E-state index in [9.17, 15) is 4.79 Å². The van der Waals surface area contributed by atoms with E-state index in [2.05, 4.69) is 0 Å². The number of hydrogen-bond donors (Lipinski definition) is 2. The molecule has 0 aromatic carbocycles. The van der Waals surface area contributed by atoms with E-state index in [1.807, 2.05) is 0 Å². The summed E-state index contributed by atoms with van der Waals surface area (Å²) in [6.07, 6.45) is 0.579. The summed E-state index contributed by atoms with van der Waals surface area (Å²) in [7, 11) is 0. The highest BCUT2D eigenvalue weighted by atomic mass is 16.5. The van der Waals surface area contributed by atoms with Gasteiger partial charge in [-0.25, -0.2) is 0 Å². The fourth-order valence-corrected chi connectivity index (χ4v) is 1.50. The highest BCUT2D eigenvalue weighted by Crippen LogP contribution is 2.59. The summed E-state index contributed by atoms with van der Waals surface area (Å²) in [6, 6.07) is 0. The number of carboxylic acids is 1. The van der Waals surface area contributed by atoms with Crippen LogP contribution in [0.3, 0.4) is 0 Å². The number of hydrogen-bond acceptors (Lipinski definition) is 3. The van der Waals surface area contributed by atoms with Gasteiger partial charge in [-0.05, 0) is 6.42 Å². The van der Waals surface area contributed by atoms with Gasteiger partial charge in [0.2, 0.25) is 0 Å². The fourth-order valence-electron chi connectivity index (χ4n) is 1.50. The number of carboxylic acid groups (broad SMARTS) is 1. The molecule has 1 unspecified atom stereocenters. The number of carbonyl (C=O) groups is 1. The molecule has 0 bridgehead atoms. The zero-order valence-corrected chi connectivity index (χ0v) is 5.46. The Morgan fingerprint density at radius 3 is 2.30 bits per heavy atom.